The van der Waals surface area contributed by atoms with E-state index in [-0.39, 0.29) is 16.6 Å². The topological polar surface area (TPSA) is 49.4 Å². The van der Waals surface area contributed by atoms with E-state index < -0.39 is 15.6 Å². The monoisotopic (exact) mass is 332 g/mol. The molecule has 2 rings (SSSR count). The van der Waals surface area contributed by atoms with Gasteiger partial charge in [0.05, 0.1) is 10.6 Å². The number of hydrogen-bond acceptors (Lipinski definition) is 4. The number of alkyl halides is 2. The van der Waals surface area contributed by atoms with Crippen LogP contribution in [0.4, 0.5) is 14.5 Å². The van der Waals surface area contributed by atoms with Crippen LogP contribution in [0.5, 0.6) is 0 Å². The van der Waals surface area contributed by atoms with E-state index in [1.807, 2.05) is 6.92 Å². The van der Waals surface area contributed by atoms with E-state index >= 15 is 0 Å². The summed E-state index contributed by atoms with van der Waals surface area (Å²) in [5.74, 6) is -3.41. The fourth-order valence-corrected chi connectivity index (χ4v) is 3.66. The first-order valence-corrected chi connectivity index (χ1v) is 9.06. The van der Waals surface area contributed by atoms with Crippen LogP contribution in [0.15, 0.2) is 29.2 Å². The van der Waals surface area contributed by atoms with Crippen LogP contribution >= 0.6 is 0 Å². The molecule has 0 spiro atoms. The van der Waals surface area contributed by atoms with Crippen LogP contribution < -0.4 is 5.32 Å². The summed E-state index contributed by atoms with van der Waals surface area (Å²) in [5.41, 5.74) is 0.243. The maximum atomic E-state index is 12.8. The summed E-state index contributed by atoms with van der Waals surface area (Å²) in [4.78, 5) is 1.97. The van der Waals surface area contributed by atoms with Crippen LogP contribution in [0.25, 0.3) is 0 Å². The van der Waals surface area contributed by atoms with Crippen molar-refractivity contribution >= 4 is 15.5 Å². The highest BCUT2D eigenvalue weighted by atomic mass is 32.2. The molecule has 1 saturated heterocycles. The van der Waals surface area contributed by atoms with Crippen molar-refractivity contribution < 1.29 is 17.2 Å². The Kier molecular flexibility index (Phi) is 5.74. The minimum absolute atomic E-state index is 0.0212. The number of hydrogen-bond donors (Lipinski definition) is 1. The summed E-state index contributed by atoms with van der Waals surface area (Å²) < 4.78 is 49.0. The second kappa shape index (κ2) is 7.37. The second-order valence-corrected chi connectivity index (χ2v) is 7.59. The van der Waals surface area contributed by atoms with Gasteiger partial charge in [-0.1, -0.05) is 18.6 Å². The molecule has 1 N–H and O–H groups in total. The Morgan fingerprint density at radius 3 is 2.45 bits per heavy atom. The van der Waals surface area contributed by atoms with Crippen molar-refractivity contribution in [3.63, 3.8) is 0 Å². The molecule has 1 fully saturated rings. The third-order valence-electron chi connectivity index (χ3n) is 3.81. The molecule has 0 aromatic heterocycles. The molecule has 1 heterocycles. The van der Waals surface area contributed by atoms with Crippen LogP contribution in [0.1, 0.15) is 26.2 Å². The number of anilines is 1. The third kappa shape index (κ3) is 4.16. The lowest BCUT2D eigenvalue weighted by Gasteiger charge is -2.30. The van der Waals surface area contributed by atoms with Gasteiger partial charge in [0, 0.05) is 12.6 Å². The molecule has 1 aliphatic rings. The van der Waals surface area contributed by atoms with E-state index in [4.69, 9.17) is 0 Å². The third-order valence-corrected chi connectivity index (χ3v) is 5.25. The number of nitrogens with one attached hydrogen (secondary N) is 1. The highest BCUT2D eigenvalue weighted by Crippen LogP contribution is 2.26. The zero-order valence-corrected chi connectivity index (χ0v) is 13.5. The van der Waals surface area contributed by atoms with E-state index in [2.05, 4.69) is 10.2 Å². The van der Waals surface area contributed by atoms with Gasteiger partial charge in [-0.25, -0.2) is 8.42 Å². The molecule has 4 nitrogen and oxygen atoms in total. The fraction of sp³-hybridized carbons (Fsp3) is 0.600. The van der Waals surface area contributed by atoms with Gasteiger partial charge < -0.3 is 10.2 Å². The van der Waals surface area contributed by atoms with Crippen LogP contribution in [0.2, 0.25) is 0 Å². The minimum atomic E-state index is -4.60. The molecule has 7 heteroatoms. The number of benzene rings is 1. The molecule has 0 aliphatic carbocycles. The number of likely N-dealkylation sites (tertiary alicyclic amines) is 1. The van der Waals surface area contributed by atoms with Crippen LogP contribution in [-0.2, 0) is 9.84 Å². The average Bonchev–Trinajstić information content (AvgIpc) is 2.48. The first-order valence-electron chi connectivity index (χ1n) is 7.51. The van der Waals surface area contributed by atoms with Crippen molar-refractivity contribution in [3.8, 4) is 0 Å². The minimum Gasteiger partial charge on any atom is -0.380 e. The van der Waals surface area contributed by atoms with Crippen LogP contribution in [0.3, 0.4) is 0 Å². The molecule has 124 valence electrons. The van der Waals surface area contributed by atoms with E-state index in [0.29, 0.717) is 0 Å². The first kappa shape index (κ1) is 17.1. The highest BCUT2D eigenvalue weighted by molar-refractivity contribution is 7.91. The van der Waals surface area contributed by atoms with E-state index in [0.717, 1.165) is 19.6 Å². The molecular weight excluding hydrogens is 310 g/mol. The summed E-state index contributed by atoms with van der Waals surface area (Å²) in [6.07, 6.45) is 3.58. The maximum Gasteiger partial charge on any atom is 0.341 e. The molecule has 0 bridgehead atoms. The largest absolute Gasteiger partial charge is 0.380 e. The molecular formula is C15H22F2N2O2S. The molecule has 22 heavy (non-hydrogen) atoms. The van der Waals surface area contributed by atoms with E-state index in [1.165, 1.54) is 37.5 Å². The maximum absolute atomic E-state index is 12.8. The van der Waals surface area contributed by atoms with Crippen molar-refractivity contribution in [2.75, 3.05) is 25.0 Å². The SMILES string of the molecule is CC(CN1CCCCC1)Nc1ccccc1S(=O)(=O)C(F)F. The van der Waals surface area contributed by atoms with Gasteiger partial charge in [0.1, 0.15) is 0 Å². The number of para-hydroxylation sites is 1. The molecule has 0 saturated carbocycles. The Morgan fingerprint density at radius 2 is 1.82 bits per heavy atom. The Hall–Kier alpha value is -1.21. The van der Waals surface area contributed by atoms with Crippen molar-refractivity contribution in [2.45, 2.75) is 42.9 Å². The molecule has 0 amide bonds. The molecule has 1 aromatic rings. The van der Waals surface area contributed by atoms with Gasteiger partial charge in [-0.15, -0.1) is 0 Å². The lowest BCUT2D eigenvalue weighted by Crippen LogP contribution is -2.38. The van der Waals surface area contributed by atoms with Gasteiger partial charge >= 0.3 is 5.76 Å². The highest BCUT2D eigenvalue weighted by Gasteiger charge is 2.29. The van der Waals surface area contributed by atoms with Crippen molar-refractivity contribution in [3.05, 3.63) is 24.3 Å². The first-order chi connectivity index (χ1) is 10.4. The van der Waals surface area contributed by atoms with Crippen molar-refractivity contribution in [1.29, 1.82) is 0 Å². The van der Waals surface area contributed by atoms with Crippen molar-refractivity contribution in [1.82, 2.24) is 4.90 Å². The summed E-state index contributed by atoms with van der Waals surface area (Å²) in [6.45, 7) is 4.76. The van der Waals surface area contributed by atoms with Gasteiger partial charge in [-0.2, -0.15) is 8.78 Å². The number of nitrogens with zero attached hydrogens (tertiary/aromatic N) is 1. The van der Waals surface area contributed by atoms with Gasteiger partial charge in [-0.3, -0.25) is 0 Å². The summed E-state index contributed by atoms with van der Waals surface area (Å²) in [6, 6.07) is 5.82. The number of piperidine rings is 1. The van der Waals surface area contributed by atoms with E-state index in [9.17, 15) is 17.2 Å². The van der Waals surface area contributed by atoms with Gasteiger partial charge in [0.15, 0.2) is 0 Å². The van der Waals surface area contributed by atoms with Crippen LogP contribution in [0, 0.1) is 0 Å². The molecule has 1 aromatic carbocycles. The Morgan fingerprint density at radius 1 is 1.18 bits per heavy atom. The molecule has 1 atom stereocenters. The number of rotatable bonds is 6. The summed E-state index contributed by atoms with van der Waals surface area (Å²) in [7, 11) is -4.60. The zero-order valence-electron chi connectivity index (χ0n) is 12.6. The van der Waals surface area contributed by atoms with Crippen molar-refractivity contribution in [2.24, 2.45) is 0 Å². The molecule has 0 radical (unpaired) electrons. The predicted octanol–water partition coefficient (Wildman–Crippen LogP) is 2.97. The smallest absolute Gasteiger partial charge is 0.341 e. The standard InChI is InChI=1S/C15H22F2N2O2S/c1-12(11-19-9-5-2-6-10-19)18-13-7-3-4-8-14(13)22(20,21)15(16)17/h3-4,7-8,12,15,18H,2,5-6,9-11H2,1H3. The van der Waals surface area contributed by atoms with Gasteiger partial charge in [0.2, 0.25) is 9.84 Å². The normalized spacial score (nSPS) is 18.4. The molecule has 1 unspecified atom stereocenters. The van der Waals surface area contributed by atoms with Gasteiger partial charge in [-0.05, 0) is 45.0 Å². The van der Waals surface area contributed by atoms with Gasteiger partial charge in [0.25, 0.3) is 0 Å². The Balaban J connectivity index is 2.09. The Labute approximate surface area is 130 Å². The lowest BCUT2D eigenvalue weighted by molar-refractivity contribution is 0.223. The summed E-state index contributed by atoms with van der Waals surface area (Å²) >= 11 is 0. The fourth-order valence-electron chi connectivity index (χ4n) is 2.77. The average molecular weight is 332 g/mol. The van der Waals surface area contributed by atoms with Crippen LogP contribution in [-0.4, -0.2) is 44.8 Å². The number of halogens is 2. The quantitative estimate of drug-likeness (QED) is 0.870. The predicted molar refractivity (Wildman–Crippen MR) is 83.0 cm³/mol. The summed E-state index contributed by atoms with van der Waals surface area (Å²) in [5, 5.41) is 3.06. The second-order valence-electron chi connectivity index (χ2n) is 5.71. The number of sulfone groups is 1. The van der Waals surface area contributed by atoms with E-state index in [1.54, 1.807) is 6.07 Å². The molecule has 1 aliphatic heterocycles. The zero-order chi connectivity index (χ0) is 16.2. The Bertz CT molecular complexity index is 587. The lowest BCUT2D eigenvalue weighted by atomic mass is 10.1.